The van der Waals surface area contributed by atoms with Gasteiger partial charge in [-0.1, -0.05) is 53.1 Å². The molecule has 0 saturated heterocycles. The molecule has 0 radical (unpaired) electrons. The van der Waals surface area contributed by atoms with Crippen LogP contribution in [0.1, 0.15) is 77.9 Å². The summed E-state index contributed by atoms with van der Waals surface area (Å²) in [7, 11) is 0. The Morgan fingerprint density at radius 3 is 2.16 bits per heavy atom. The van der Waals surface area contributed by atoms with E-state index in [0.717, 1.165) is 10.9 Å². The number of aryl methyl sites for hydroxylation is 2. The van der Waals surface area contributed by atoms with E-state index in [9.17, 15) is 23.5 Å². The summed E-state index contributed by atoms with van der Waals surface area (Å²) in [4.78, 5) is 34.1. The lowest BCUT2D eigenvalue weighted by Crippen LogP contribution is -2.32. The summed E-state index contributed by atoms with van der Waals surface area (Å²) in [6.07, 6.45) is 3.70. The molecule has 0 fully saturated rings. The van der Waals surface area contributed by atoms with Crippen LogP contribution in [0.5, 0.6) is 5.75 Å². The lowest BCUT2D eigenvalue weighted by atomic mass is 10.0. The van der Waals surface area contributed by atoms with Gasteiger partial charge in [0, 0.05) is 36.3 Å². The molecule has 0 atom stereocenters. The van der Waals surface area contributed by atoms with Crippen LogP contribution < -0.4 is 15.9 Å². The number of aliphatic hydroxyl groups is 1. The van der Waals surface area contributed by atoms with Crippen LogP contribution in [0, 0.1) is 25.5 Å². The molecule has 9 nitrogen and oxygen atoms in total. The van der Waals surface area contributed by atoms with E-state index >= 15 is 0 Å². The highest BCUT2D eigenvalue weighted by molar-refractivity contribution is 6.31. The number of pyridine rings is 3. The maximum absolute atomic E-state index is 13.9. The second-order valence-electron chi connectivity index (χ2n) is 8.83. The second-order valence-corrected chi connectivity index (χ2v) is 9.20. The van der Waals surface area contributed by atoms with Crippen LogP contribution in [0.25, 0.3) is 11.5 Å². The predicted molar refractivity (Wildman–Crippen MR) is 165 cm³/mol. The van der Waals surface area contributed by atoms with Crippen molar-refractivity contribution in [1.82, 2.24) is 24.3 Å². The molecule has 4 aromatic rings. The molecule has 234 valence electrons. The molecular weight excluding hydrogens is 580 g/mol. The summed E-state index contributed by atoms with van der Waals surface area (Å²) in [5.41, 5.74) is -1.23. The first-order chi connectivity index (χ1) is 20.4. The molecule has 4 heterocycles. The van der Waals surface area contributed by atoms with Crippen LogP contribution >= 0.6 is 11.6 Å². The summed E-state index contributed by atoms with van der Waals surface area (Å²) in [5.74, 6) is -1.60. The SMILES string of the molecule is CC.CC.CC.Cc1cnc(-n2nccc(C(C)(C)O)c2=O)cc1-n1c(C)cc(OCc2ncc(F)cc2F)c(Cl)c1=O. The van der Waals surface area contributed by atoms with Crippen molar-refractivity contribution in [3.8, 4) is 17.3 Å². The Kier molecular flexibility index (Phi) is 14.3. The lowest BCUT2D eigenvalue weighted by Gasteiger charge is -2.18. The van der Waals surface area contributed by atoms with Crippen LogP contribution in [0.2, 0.25) is 5.02 Å². The van der Waals surface area contributed by atoms with E-state index in [0.29, 0.717) is 23.0 Å². The third-order valence-corrected chi connectivity index (χ3v) is 5.92. The van der Waals surface area contributed by atoms with E-state index in [1.54, 1.807) is 13.8 Å². The van der Waals surface area contributed by atoms with Gasteiger partial charge in [0.25, 0.3) is 11.1 Å². The van der Waals surface area contributed by atoms with E-state index in [1.165, 1.54) is 49.0 Å². The Bertz CT molecular complexity index is 1630. The van der Waals surface area contributed by atoms with E-state index in [1.807, 2.05) is 41.5 Å². The Balaban J connectivity index is 0.00000145. The molecule has 0 spiro atoms. The van der Waals surface area contributed by atoms with Gasteiger partial charge in [-0.15, -0.1) is 0 Å². The van der Waals surface area contributed by atoms with Gasteiger partial charge in [-0.25, -0.2) is 13.8 Å². The minimum Gasteiger partial charge on any atom is -0.485 e. The normalized spacial score (nSPS) is 10.4. The average molecular weight is 620 g/mol. The highest BCUT2D eigenvalue weighted by Crippen LogP contribution is 2.26. The molecule has 12 heteroatoms. The Morgan fingerprint density at radius 1 is 0.953 bits per heavy atom. The first-order valence-electron chi connectivity index (χ1n) is 14.0. The van der Waals surface area contributed by atoms with Gasteiger partial charge in [0.15, 0.2) is 11.6 Å². The molecule has 0 unspecified atom stereocenters. The first kappa shape index (κ1) is 37.1. The molecule has 0 saturated carbocycles. The molecule has 0 aromatic carbocycles. The fourth-order valence-electron chi connectivity index (χ4n) is 3.68. The molecule has 0 aliphatic heterocycles. The minimum absolute atomic E-state index is 0.00589. The van der Waals surface area contributed by atoms with Crippen molar-refractivity contribution < 1.29 is 18.6 Å². The van der Waals surface area contributed by atoms with Crippen molar-refractivity contribution >= 4 is 11.6 Å². The monoisotopic (exact) mass is 619 g/mol. The van der Waals surface area contributed by atoms with Gasteiger partial charge in [0.05, 0.1) is 23.0 Å². The molecule has 0 aliphatic rings. The average Bonchev–Trinajstić information content (AvgIpc) is 2.98. The van der Waals surface area contributed by atoms with Crippen molar-refractivity contribution in [2.45, 2.75) is 81.4 Å². The van der Waals surface area contributed by atoms with Gasteiger partial charge >= 0.3 is 0 Å². The smallest absolute Gasteiger partial charge is 0.279 e. The van der Waals surface area contributed by atoms with Gasteiger partial charge in [-0.05, 0) is 39.3 Å². The van der Waals surface area contributed by atoms with E-state index in [4.69, 9.17) is 16.3 Å². The maximum atomic E-state index is 13.9. The highest BCUT2D eigenvalue weighted by atomic mass is 35.5. The predicted octanol–water partition coefficient (Wildman–Crippen LogP) is 6.61. The molecule has 1 N–H and O–H groups in total. The van der Waals surface area contributed by atoms with Crippen LogP contribution in [0.3, 0.4) is 0 Å². The molecule has 0 amide bonds. The van der Waals surface area contributed by atoms with Crippen molar-refractivity contribution in [3.05, 3.63) is 103 Å². The van der Waals surface area contributed by atoms with Crippen LogP contribution in [-0.2, 0) is 12.2 Å². The van der Waals surface area contributed by atoms with Crippen molar-refractivity contribution in [3.63, 3.8) is 0 Å². The minimum atomic E-state index is -1.40. The summed E-state index contributed by atoms with van der Waals surface area (Å²) in [6, 6.07) is 5.09. The van der Waals surface area contributed by atoms with Crippen molar-refractivity contribution in [2.75, 3.05) is 0 Å². The zero-order valence-electron chi connectivity index (χ0n) is 26.3. The number of nitrogens with zero attached hydrogens (tertiary/aromatic N) is 5. The molecule has 4 aromatic heterocycles. The largest absolute Gasteiger partial charge is 0.485 e. The summed E-state index contributed by atoms with van der Waals surface area (Å²) < 4.78 is 34.9. The Labute approximate surface area is 255 Å². The number of halogens is 3. The molecule has 0 aliphatic carbocycles. The molecule has 4 rings (SSSR count). The van der Waals surface area contributed by atoms with Crippen molar-refractivity contribution in [2.24, 2.45) is 0 Å². The Morgan fingerprint density at radius 2 is 1.58 bits per heavy atom. The van der Waals surface area contributed by atoms with Crippen molar-refractivity contribution in [1.29, 1.82) is 0 Å². The Hall–Kier alpha value is -3.96. The summed E-state index contributed by atoms with van der Waals surface area (Å²) >= 11 is 6.31. The molecule has 0 bridgehead atoms. The zero-order valence-corrected chi connectivity index (χ0v) is 27.0. The quantitative estimate of drug-likeness (QED) is 0.258. The fourth-order valence-corrected chi connectivity index (χ4v) is 3.87. The van der Waals surface area contributed by atoms with Gasteiger partial charge in [0.1, 0.15) is 28.9 Å². The number of hydrogen-bond donors (Lipinski definition) is 1. The van der Waals surface area contributed by atoms with Gasteiger partial charge < -0.3 is 9.84 Å². The molecular formula is C31H40ClF2N5O4. The first-order valence-corrected chi connectivity index (χ1v) is 14.4. The number of aromatic nitrogens is 5. The molecule has 43 heavy (non-hydrogen) atoms. The maximum Gasteiger partial charge on any atom is 0.279 e. The fraction of sp³-hybridized carbons (Fsp3) is 0.387. The van der Waals surface area contributed by atoms with E-state index < -0.39 is 28.4 Å². The highest BCUT2D eigenvalue weighted by Gasteiger charge is 2.23. The number of hydrogen-bond acceptors (Lipinski definition) is 7. The second kappa shape index (κ2) is 16.6. The van der Waals surface area contributed by atoms with Gasteiger partial charge in [0.2, 0.25) is 0 Å². The van der Waals surface area contributed by atoms with E-state index in [2.05, 4.69) is 15.1 Å². The number of ether oxygens (including phenoxy) is 1. The summed E-state index contributed by atoms with van der Waals surface area (Å²) in [6.45, 7) is 18.0. The zero-order chi connectivity index (χ0) is 33.1. The number of rotatable bonds is 6. The van der Waals surface area contributed by atoms with Crippen LogP contribution in [-0.4, -0.2) is 29.4 Å². The third kappa shape index (κ3) is 8.77. The van der Waals surface area contributed by atoms with Crippen LogP contribution in [0.15, 0.2) is 52.4 Å². The van der Waals surface area contributed by atoms with Gasteiger partial charge in [-0.2, -0.15) is 9.78 Å². The van der Waals surface area contributed by atoms with Crippen LogP contribution in [0.4, 0.5) is 8.78 Å². The van der Waals surface area contributed by atoms with E-state index in [-0.39, 0.29) is 34.5 Å². The third-order valence-electron chi connectivity index (χ3n) is 5.57. The van der Waals surface area contributed by atoms with Gasteiger partial charge in [-0.3, -0.25) is 19.1 Å². The standard InChI is InChI=1S/C25H22ClF2N5O4.3C2H6/c1-13-10-30-21(33-23(34)16(5-6-31-33)25(3,4)36)9-19(13)32-14(2)7-20(22(26)24(32)35)37-12-18-17(28)8-15(27)11-29-18;3*1-2/h5-11,36H,12H2,1-4H3;3*1-2H3. The topological polar surface area (TPSA) is 112 Å². The summed E-state index contributed by atoms with van der Waals surface area (Å²) in [5, 5.41) is 14.1. The lowest BCUT2D eigenvalue weighted by molar-refractivity contribution is 0.0764.